The summed E-state index contributed by atoms with van der Waals surface area (Å²) in [7, 11) is 0. The third kappa shape index (κ3) is 3.66. The lowest BCUT2D eigenvalue weighted by molar-refractivity contribution is 0.381. The molecule has 4 heteroatoms. The molecular weight excluding hydrogens is 212 g/mol. The molecule has 1 atom stereocenters. The minimum Gasteiger partial charge on any atom is -0.363 e. The summed E-state index contributed by atoms with van der Waals surface area (Å²) < 4.78 is 0. The van der Waals surface area contributed by atoms with Crippen LogP contribution in [0.5, 0.6) is 0 Å². The first-order valence-corrected chi connectivity index (χ1v) is 6.31. The van der Waals surface area contributed by atoms with E-state index in [4.69, 9.17) is 5.73 Å². The predicted molar refractivity (Wildman–Crippen MR) is 71.9 cm³/mol. The zero-order valence-corrected chi connectivity index (χ0v) is 11.3. The minimum absolute atomic E-state index is 0.127. The second-order valence-corrected chi connectivity index (χ2v) is 5.05. The second kappa shape index (κ2) is 5.96. The van der Waals surface area contributed by atoms with Crippen LogP contribution in [0.3, 0.4) is 0 Å². The summed E-state index contributed by atoms with van der Waals surface area (Å²) >= 11 is 0. The lowest BCUT2D eigenvalue weighted by Gasteiger charge is -2.34. The predicted octanol–water partition coefficient (Wildman–Crippen LogP) is 2.21. The number of hydrogen-bond donors (Lipinski definition) is 2. The summed E-state index contributed by atoms with van der Waals surface area (Å²) in [6.07, 6.45) is 3.69. The Labute approximate surface area is 104 Å². The average Bonchev–Trinajstić information content (AvgIpc) is 2.29. The lowest BCUT2D eigenvalue weighted by atomic mass is 9.88. The summed E-state index contributed by atoms with van der Waals surface area (Å²) in [6, 6.07) is 2.01. The van der Waals surface area contributed by atoms with Gasteiger partial charge in [0.25, 0.3) is 0 Å². The highest BCUT2D eigenvalue weighted by molar-refractivity contribution is 5.38. The van der Waals surface area contributed by atoms with Crippen molar-refractivity contribution in [3.63, 3.8) is 0 Å². The molecule has 0 aromatic carbocycles. The second-order valence-electron chi connectivity index (χ2n) is 5.05. The third-order valence-corrected chi connectivity index (χ3v) is 3.34. The fourth-order valence-corrected chi connectivity index (χ4v) is 1.58. The van der Waals surface area contributed by atoms with Gasteiger partial charge in [-0.15, -0.1) is 0 Å². The number of aromatic nitrogens is 2. The Hall–Kier alpha value is -1.16. The largest absolute Gasteiger partial charge is 0.363 e. The molecule has 1 aromatic rings. The van der Waals surface area contributed by atoms with Gasteiger partial charge in [0.2, 0.25) is 0 Å². The van der Waals surface area contributed by atoms with E-state index in [1.165, 1.54) is 0 Å². The number of rotatable bonds is 6. The van der Waals surface area contributed by atoms with Crippen molar-refractivity contribution in [3.8, 4) is 0 Å². The molecule has 1 heterocycles. The van der Waals surface area contributed by atoms with Crippen molar-refractivity contribution in [2.45, 2.75) is 46.1 Å². The molecule has 0 fully saturated rings. The highest BCUT2D eigenvalue weighted by Gasteiger charge is 2.26. The number of hydrogen-bond acceptors (Lipinski definition) is 4. The van der Waals surface area contributed by atoms with Crippen molar-refractivity contribution in [3.05, 3.63) is 18.1 Å². The topological polar surface area (TPSA) is 63.8 Å². The van der Waals surface area contributed by atoms with Crippen LogP contribution in [0.25, 0.3) is 0 Å². The van der Waals surface area contributed by atoms with Gasteiger partial charge in [0.15, 0.2) is 0 Å². The molecule has 0 amide bonds. The molecular formula is C13H24N4. The van der Waals surface area contributed by atoms with Crippen LogP contribution in [0.1, 0.15) is 39.8 Å². The van der Waals surface area contributed by atoms with Gasteiger partial charge in [-0.2, -0.15) is 0 Å². The number of aryl methyl sites for hydroxylation is 1. The smallest absolute Gasteiger partial charge is 0.130 e. The van der Waals surface area contributed by atoms with Crippen LogP contribution >= 0.6 is 0 Å². The van der Waals surface area contributed by atoms with E-state index in [0.717, 1.165) is 24.4 Å². The molecule has 0 radical (unpaired) electrons. The molecule has 0 bridgehead atoms. The molecule has 0 aliphatic heterocycles. The Balaban J connectivity index is 2.83. The van der Waals surface area contributed by atoms with E-state index >= 15 is 0 Å². The lowest BCUT2D eigenvalue weighted by Crippen LogP contribution is -2.47. The molecule has 1 rings (SSSR count). The van der Waals surface area contributed by atoms with Crippen LogP contribution < -0.4 is 11.1 Å². The van der Waals surface area contributed by atoms with Crippen molar-refractivity contribution in [2.24, 2.45) is 11.7 Å². The van der Waals surface area contributed by atoms with E-state index in [1.807, 2.05) is 6.07 Å². The minimum atomic E-state index is -0.127. The third-order valence-electron chi connectivity index (χ3n) is 3.34. The van der Waals surface area contributed by atoms with Gasteiger partial charge in [-0.1, -0.05) is 27.2 Å². The molecule has 1 aromatic heterocycles. The van der Waals surface area contributed by atoms with Crippen molar-refractivity contribution in [1.29, 1.82) is 0 Å². The number of nitrogens with one attached hydrogen (secondary N) is 1. The Morgan fingerprint density at radius 2 is 2.12 bits per heavy atom. The quantitative estimate of drug-likeness (QED) is 0.795. The van der Waals surface area contributed by atoms with Gasteiger partial charge in [0, 0.05) is 18.3 Å². The molecule has 1 unspecified atom stereocenters. The van der Waals surface area contributed by atoms with Crippen LogP contribution in [-0.4, -0.2) is 22.1 Å². The van der Waals surface area contributed by atoms with Gasteiger partial charge < -0.3 is 11.1 Å². The molecule has 17 heavy (non-hydrogen) atoms. The molecule has 4 nitrogen and oxygen atoms in total. The van der Waals surface area contributed by atoms with Crippen LogP contribution in [0.15, 0.2) is 12.4 Å². The van der Waals surface area contributed by atoms with E-state index in [1.54, 1.807) is 6.33 Å². The normalized spacial score (nSPS) is 14.7. The maximum atomic E-state index is 5.85. The standard InChI is InChI=1S/C13H24N4/c1-5-6-11-7-12(16-9-15-11)17-13(4,8-14)10(2)3/h7,9-10H,5-6,8,14H2,1-4H3,(H,15,16,17). The Kier molecular flexibility index (Phi) is 4.87. The summed E-state index contributed by atoms with van der Waals surface area (Å²) in [5, 5.41) is 3.43. The fourth-order valence-electron chi connectivity index (χ4n) is 1.58. The molecule has 0 aliphatic rings. The Morgan fingerprint density at radius 3 is 2.65 bits per heavy atom. The van der Waals surface area contributed by atoms with Gasteiger partial charge in [-0.05, 0) is 19.3 Å². The van der Waals surface area contributed by atoms with Gasteiger partial charge in [-0.25, -0.2) is 9.97 Å². The average molecular weight is 236 g/mol. The summed E-state index contributed by atoms with van der Waals surface area (Å²) in [5.74, 6) is 1.31. The first-order valence-electron chi connectivity index (χ1n) is 6.31. The molecule has 96 valence electrons. The van der Waals surface area contributed by atoms with Gasteiger partial charge in [-0.3, -0.25) is 0 Å². The fraction of sp³-hybridized carbons (Fsp3) is 0.692. The summed E-state index contributed by atoms with van der Waals surface area (Å²) in [5.41, 5.74) is 6.80. The monoisotopic (exact) mass is 236 g/mol. The molecule has 0 saturated heterocycles. The van der Waals surface area contributed by atoms with E-state index in [2.05, 4.69) is 43.0 Å². The SMILES string of the molecule is CCCc1cc(NC(C)(CN)C(C)C)ncn1. The first-order chi connectivity index (χ1) is 8.01. The maximum absolute atomic E-state index is 5.85. The van der Waals surface area contributed by atoms with E-state index in [0.29, 0.717) is 12.5 Å². The molecule has 0 saturated carbocycles. The Bertz CT molecular complexity index is 351. The van der Waals surface area contributed by atoms with E-state index < -0.39 is 0 Å². The zero-order chi connectivity index (χ0) is 12.9. The number of anilines is 1. The van der Waals surface area contributed by atoms with E-state index in [9.17, 15) is 0 Å². The maximum Gasteiger partial charge on any atom is 0.130 e. The first kappa shape index (κ1) is 13.9. The number of nitrogens with two attached hydrogens (primary N) is 1. The highest BCUT2D eigenvalue weighted by Crippen LogP contribution is 2.20. The van der Waals surface area contributed by atoms with Gasteiger partial charge in [0.1, 0.15) is 12.1 Å². The zero-order valence-electron chi connectivity index (χ0n) is 11.3. The van der Waals surface area contributed by atoms with Gasteiger partial charge in [0.05, 0.1) is 5.54 Å². The van der Waals surface area contributed by atoms with Crippen molar-refractivity contribution < 1.29 is 0 Å². The summed E-state index contributed by atoms with van der Waals surface area (Å²) in [6.45, 7) is 9.17. The van der Waals surface area contributed by atoms with Crippen molar-refractivity contribution >= 4 is 5.82 Å². The van der Waals surface area contributed by atoms with Crippen LogP contribution in [0, 0.1) is 5.92 Å². The molecule has 0 spiro atoms. The van der Waals surface area contributed by atoms with Gasteiger partial charge >= 0.3 is 0 Å². The highest BCUT2D eigenvalue weighted by atomic mass is 15.1. The van der Waals surface area contributed by atoms with Crippen LogP contribution in [-0.2, 0) is 6.42 Å². The van der Waals surface area contributed by atoms with E-state index in [-0.39, 0.29) is 5.54 Å². The van der Waals surface area contributed by atoms with Crippen molar-refractivity contribution in [1.82, 2.24) is 9.97 Å². The number of nitrogens with zero attached hydrogens (tertiary/aromatic N) is 2. The molecule has 3 N–H and O–H groups in total. The van der Waals surface area contributed by atoms with Crippen molar-refractivity contribution in [2.75, 3.05) is 11.9 Å². The van der Waals surface area contributed by atoms with Crippen LogP contribution in [0.4, 0.5) is 5.82 Å². The molecule has 0 aliphatic carbocycles. The summed E-state index contributed by atoms with van der Waals surface area (Å²) in [4.78, 5) is 8.51. The van der Waals surface area contributed by atoms with Crippen LogP contribution in [0.2, 0.25) is 0 Å². The Morgan fingerprint density at radius 1 is 1.41 bits per heavy atom.